The first-order valence-corrected chi connectivity index (χ1v) is 13.5. The second kappa shape index (κ2) is 10.7. The van der Waals surface area contributed by atoms with Crippen molar-refractivity contribution < 1.29 is 28.0 Å². The van der Waals surface area contributed by atoms with Crippen LogP contribution in [0.25, 0.3) is 0 Å². The maximum atomic E-state index is 11.8. The molecule has 1 aromatic carbocycles. The number of ether oxygens (including phenoxy) is 1. The van der Waals surface area contributed by atoms with Gasteiger partial charge in [0.15, 0.2) is 0 Å². The molecule has 6 nitrogen and oxygen atoms in total. The van der Waals surface area contributed by atoms with Crippen LogP contribution in [0.4, 0.5) is 0 Å². The van der Waals surface area contributed by atoms with Crippen LogP contribution in [0, 0.1) is 0 Å². The van der Waals surface area contributed by atoms with E-state index in [4.69, 9.17) is 41.9 Å². The Kier molecular flexibility index (Phi) is 9.79. The molecule has 0 radical (unpaired) electrons. The Bertz CT molecular complexity index is 601. The highest BCUT2D eigenvalue weighted by Crippen LogP contribution is 2.81. The molecule has 0 fully saturated rings. The Morgan fingerprint density at radius 3 is 2.17 bits per heavy atom. The lowest BCUT2D eigenvalue weighted by Crippen LogP contribution is -2.08. The summed E-state index contributed by atoms with van der Waals surface area (Å²) in [6, 6.07) is 8.68. The monoisotopic (exact) mass is 412 g/mol. The summed E-state index contributed by atoms with van der Waals surface area (Å²) in [6.07, 6.45) is -6.07. The normalized spacial score (nSPS) is 14.1. The molecule has 0 heterocycles. The Morgan fingerprint density at radius 2 is 1.62 bits per heavy atom. The van der Waals surface area contributed by atoms with Gasteiger partial charge in [-0.3, -0.25) is 0 Å². The SMILES string of the molecule is CCOP(=S)(OCC)P(O)(=S)OCCCOC(=O)c1ccccc1. The van der Waals surface area contributed by atoms with Crippen LogP contribution in [0.1, 0.15) is 30.6 Å². The van der Waals surface area contributed by atoms with Crippen LogP contribution in [0.15, 0.2) is 30.3 Å². The van der Waals surface area contributed by atoms with Crippen molar-refractivity contribution in [1.29, 1.82) is 0 Å². The molecule has 0 aliphatic rings. The molecule has 1 N–H and O–H groups in total. The molecule has 0 bridgehead atoms. The van der Waals surface area contributed by atoms with Gasteiger partial charge < -0.3 is 23.2 Å². The molecular weight excluding hydrogens is 390 g/mol. The van der Waals surface area contributed by atoms with E-state index in [9.17, 15) is 9.69 Å². The third-order valence-corrected chi connectivity index (χ3v) is 13.7. The molecule has 1 atom stereocenters. The molecule has 0 amide bonds. The number of benzene rings is 1. The van der Waals surface area contributed by atoms with Gasteiger partial charge >= 0.3 is 5.97 Å². The van der Waals surface area contributed by atoms with E-state index >= 15 is 0 Å². The smallest absolute Gasteiger partial charge is 0.338 e. The lowest BCUT2D eigenvalue weighted by molar-refractivity contribution is 0.0486. The summed E-state index contributed by atoms with van der Waals surface area (Å²) in [7, 11) is 0. The molecule has 1 aromatic rings. The van der Waals surface area contributed by atoms with Gasteiger partial charge in [0.2, 0.25) is 0 Å². The zero-order valence-electron chi connectivity index (χ0n) is 13.6. The largest absolute Gasteiger partial charge is 0.462 e. The molecule has 24 heavy (non-hydrogen) atoms. The van der Waals surface area contributed by atoms with E-state index in [1.54, 1.807) is 38.1 Å². The lowest BCUT2D eigenvalue weighted by Gasteiger charge is -2.28. The van der Waals surface area contributed by atoms with Crippen LogP contribution in [-0.4, -0.2) is 37.3 Å². The van der Waals surface area contributed by atoms with Gasteiger partial charge in [-0.2, -0.15) is 0 Å². The maximum Gasteiger partial charge on any atom is 0.338 e. The molecule has 1 unspecified atom stereocenters. The summed E-state index contributed by atoms with van der Waals surface area (Å²) in [5.74, 6) is -0.409. The number of carbonyl (C=O) groups is 1. The van der Waals surface area contributed by atoms with E-state index in [0.717, 1.165) is 0 Å². The number of hydrogen-bond acceptors (Lipinski definition) is 7. The van der Waals surface area contributed by atoms with Crippen molar-refractivity contribution in [1.82, 2.24) is 0 Å². The highest BCUT2D eigenvalue weighted by molar-refractivity contribution is 8.60. The zero-order valence-corrected chi connectivity index (χ0v) is 17.0. The van der Waals surface area contributed by atoms with Crippen molar-refractivity contribution in [3.05, 3.63) is 35.9 Å². The summed E-state index contributed by atoms with van der Waals surface area (Å²) in [6.45, 7) is 4.32. The minimum absolute atomic E-state index is 0.106. The Labute approximate surface area is 152 Å². The number of esters is 1. The molecular formula is C14H22O6P2S2. The van der Waals surface area contributed by atoms with Gasteiger partial charge in [0.05, 0.1) is 32.0 Å². The number of hydrogen-bond donors (Lipinski definition) is 1. The lowest BCUT2D eigenvalue weighted by atomic mass is 10.2. The molecule has 0 saturated carbocycles. The van der Waals surface area contributed by atoms with Gasteiger partial charge in [-0.25, -0.2) is 4.79 Å². The van der Waals surface area contributed by atoms with E-state index in [2.05, 4.69) is 0 Å². The summed E-state index contributed by atoms with van der Waals surface area (Å²) in [5, 5.41) is 0. The molecule has 10 heteroatoms. The van der Waals surface area contributed by atoms with Gasteiger partial charge in [0, 0.05) is 6.42 Å². The van der Waals surface area contributed by atoms with Crippen LogP contribution in [0.3, 0.4) is 0 Å². The van der Waals surface area contributed by atoms with Crippen molar-refractivity contribution in [2.75, 3.05) is 26.4 Å². The first-order valence-electron chi connectivity index (χ1n) is 7.45. The van der Waals surface area contributed by atoms with Crippen molar-refractivity contribution in [2.45, 2.75) is 20.3 Å². The maximum absolute atomic E-state index is 11.8. The zero-order chi connectivity index (χ0) is 18.1. The quantitative estimate of drug-likeness (QED) is 0.334. The van der Waals surface area contributed by atoms with Crippen LogP contribution in [0.5, 0.6) is 0 Å². The van der Waals surface area contributed by atoms with Crippen LogP contribution in [0.2, 0.25) is 0 Å². The van der Waals surface area contributed by atoms with Gasteiger partial charge in [-0.05, 0) is 49.6 Å². The first-order chi connectivity index (χ1) is 11.4. The first kappa shape index (κ1) is 21.9. The van der Waals surface area contributed by atoms with Gasteiger partial charge in [-0.15, -0.1) is 0 Å². The van der Waals surface area contributed by atoms with Crippen molar-refractivity contribution in [3.8, 4) is 0 Å². The molecule has 0 aliphatic carbocycles. The second-order valence-electron chi connectivity index (χ2n) is 4.48. The number of carbonyl (C=O) groups excluding carboxylic acids is 1. The Morgan fingerprint density at radius 1 is 1.04 bits per heavy atom. The van der Waals surface area contributed by atoms with Crippen LogP contribution >= 0.6 is 12.4 Å². The molecule has 136 valence electrons. The molecule has 0 aromatic heterocycles. The number of rotatable bonds is 11. The van der Waals surface area contributed by atoms with Crippen LogP contribution < -0.4 is 0 Å². The molecule has 0 saturated heterocycles. The summed E-state index contributed by atoms with van der Waals surface area (Å²) in [4.78, 5) is 22.1. The van der Waals surface area contributed by atoms with Gasteiger partial charge in [-0.1, -0.05) is 18.2 Å². The molecule has 0 spiro atoms. The second-order valence-corrected chi connectivity index (χ2v) is 14.9. The predicted octanol–water partition coefficient (Wildman–Crippen LogP) is 3.85. The van der Waals surface area contributed by atoms with Crippen molar-refractivity contribution >= 4 is 41.9 Å². The van der Waals surface area contributed by atoms with E-state index in [0.29, 0.717) is 12.0 Å². The van der Waals surface area contributed by atoms with Crippen molar-refractivity contribution in [3.63, 3.8) is 0 Å². The third-order valence-electron chi connectivity index (χ3n) is 2.68. The fourth-order valence-electron chi connectivity index (χ4n) is 1.65. The van der Waals surface area contributed by atoms with Gasteiger partial charge in [0.1, 0.15) is 0 Å². The van der Waals surface area contributed by atoms with Gasteiger partial charge in [0.25, 0.3) is 12.4 Å². The fourth-order valence-corrected chi connectivity index (χ4v) is 7.54. The molecule has 0 aliphatic heterocycles. The average Bonchev–Trinajstić information content (AvgIpc) is 2.55. The van der Waals surface area contributed by atoms with E-state index in [-0.39, 0.29) is 26.4 Å². The average molecular weight is 412 g/mol. The standard InChI is InChI=1S/C14H22O6P2S2/c1-3-18-22(24,19-4-2)21(16,23)20-12-8-11-17-14(15)13-9-6-5-7-10-13/h5-7,9-10H,3-4,8,11-12H2,1-2H3,(H,16,23). The highest BCUT2D eigenvalue weighted by Gasteiger charge is 2.37. The van der Waals surface area contributed by atoms with E-state index < -0.39 is 18.3 Å². The highest BCUT2D eigenvalue weighted by atomic mass is 32.8. The van der Waals surface area contributed by atoms with Crippen molar-refractivity contribution in [2.24, 2.45) is 0 Å². The minimum atomic E-state index is -3.40. The summed E-state index contributed by atoms with van der Waals surface area (Å²) in [5.41, 5.74) is 0.480. The fraction of sp³-hybridized carbons (Fsp3) is 0.500. The Balaban J connectivity index is 2.41. The Hall–Kier alpha value is -0.170. The summed E-state index contributed by atoms with van der Waals surface area (Å²) >= 11 is 10.4. The predicted molar refractivity (Wildman–Crippen MR) is 101 cm³/mol. The van der Waals surface area contributed by atoms with E-state index in [1.165, 1.54) is 0 Å². The van der Waals surface area contributed by atoms with Crippen LogP contribution in [-0.2, 0) is 41.9 Å². The third kappa shape index (κ3) is 6.62. The summed E-state index contributed by atoms with van der Waals surface area (Å²) < 4.78 is 21.2. The van der Waals surface area contributed by atoms with E-state index in [1.807, 2.05) is 6.07 Å². The minimum Gasteiger partial charge on any atom is -0.462 e. The molecule has 1 rings (SSSR count). The topological polar surface area (TPSA) is 74.2 Å².